The highest BCUT2D eigenvalue weighted by Gasteiger charge is 2.54. The molecule has 9 heteroatoms. The summed E-state index contributed by atoms with van der Waals surface area (Å²) in [6.45, 7) is 13.1. The van der Waals surface area contributed by atoms with Gasteiger partial charge in [-0.1, -0.05) is 64.7 Å². The number of H-pyrrole nitrogens is 2. The first-order valence-electron chi connectivity index (χ1n) is 14.1. The monoisotopic (exact) mass is 602 g/mol. The van der Waals surface area contributed by atoms with Gasteiger partial charge in [0.05, 0.1) is 24.7 Å². The van der Waals surface area contributed by atoms with E-state index in [1.807, 2.05) is 48.5 Å². The van der Waals surface area contributed by atoms with Crippen LogP contribution in [0.4, 0.5) is 0 Å². The van der Waals surface area contributed by atoms with Crippen molar-refractivity contribution in [3.63, 3.8) is 0 Å². The fraction of sp³-hybridized carbons (Fsp3) is 0.484. The molecule has 0 aliphatic carbocycles. The fourth-order valence-corrected chi connectivity index (χ4v) is 13.0. The third-order valence-electron chi connectivity index (χ3n) is 8.83. The summed E-state index contributed by atoms with van der Waals surface area (Å²) < 4.78 is 14.0. The lowest BCUT2D eigenvalue weighted by atomic mass is 9.83. The Kier molecular flexibility index (Phi) is 8.48. The number of nitrogens with one attached hydrogen (secondary N) is 2. The Hall–Kier alpha value is -1.84. The molecule has 6 nitrogen and oxygen atoms in total. The summed E-state index contributed by atoms with van der Waals surface area (Å²) in [5, 5.41) is 26.0. The van der Waals surface area contributed by atoms with E-state index in [0.29, 0.717) is 26.7 Å². The molecule has 40 heavy (non-hydrogen) atoms. The maximum absolute atomic E-state index is 12.2. The van der Waals surface area contributed by atoms with Gasteiger partial charge in [0.1, 0.15) is 12.2 Å². The molecule has 5 rings (SSSR count). The van der Waals surface area contributed by atoms with E-state index >= 15 is 0 Å². The van der Waals surface area contributed by atoms with Crippen LogP contribution in [0.15, 0.2) is 48.5 Å². The molecular formula is C31H40Cl2N2O4Si. The van der Waals surface area contributed by atoms with Gasteiger partial charge in [0, 0.05) is 43.2 Å². The number of aromatic amines is 2. The van der Waals surface area contributed by atoms with Crippen LogP contribution in [0.1, 0.15) is 65.0 Å². The van der Waals surface area contributed by atoms with Crippen molar-refractivity contribution in [3.8, 4) is 0 Å². The molecule has 4 N–H and O–H groups in total. The summed E-state index contributed by atoms with van der Waals surface area (Å²) in [6.07, 6.45) is -2.88. The smallest absolute Gasteiger partial charge is 0.201 e. The van der Waals surface area contributed by atoms with Crippen molar-refractivity contribution in [2.75, 3.05) is 6.61 Å². The van der Waals surface area contributed by atoms with Crippen molar-refractivity contribution in [2.24, 2.45) is 0 Å². The zero-order valence-corrected chi connectivity index (χ0v) is 26.4. The summed E-state index contributed by atoms with van der Waals surface area (Å²) in [6, 6.07) is 15.3. The lowest BCUT2D eigenvalue weighted by Gasteiger charge is -2.51. The minimum Gasteiger partial charge on any atom is -0.407 e. The van der Waals surface area contributed by atoms with Gasteiger partial charge >= 0.3 is 0 Å². The molecule has 0 unspecified atom stereocenters. The highest BCUT2D eigenvalue weighted by Crippen LogP contribution is 2.49. The number of hydrogen-bond acceptors (Lipinski definition) is 4. The predicted molar refractivity (Wildman–Crippen MR) is 166 cm³/mol. The van der Waals surface area contributed by atoms with Gasteiger partial charge in [0.15, 0.2) is 0 Å². The van der Waals surface area contributed by atoms with E-state index in [2.05, 4.69) is 51.5 Å². The first kappa shape index (κ1) is 29.6. The Labute approximate surface area is 247 Å². The second-order valence-electron chi connectivity index (χ2n) is 12.1. The lowest BCUT2D eigenvalue weighted by Crippen LogP contribution is -2.58. The van der Waals surface area contributed by atoms with Crippen LogP contribution in [-0.2, 0) is 9.16 Å². The van der Waals surface area contributed by atoms with Gasteiger partial charge in [-0.25, -0.2) is 0 Å². The number of rotatable bonds is 8. The van der Waals surface area contributed by atoms with Crippen LogP contribution < -0.4 is 0 Å². The predicted octanol–water partition coefficient (Wildman–Crippen LogP) is 8.09. The lowest BCUT2D eigenvalue weighted by molar-refractivity contribution is -0.189. The van der Waals surface area contributed by atoms with Crippen LogP contribution in [0.5, 0.6) is 0 Å². The molecular weight excluding hydrogens is 563 g/mol. The molecule has 3 heterocycles. The van der Waals surface area contributed by atoms with Crippen LogP contribution in [-0.4, -0.2) is 53.4 Å². The van der Waals surface area contributed by atoms with Crippen LogP contribution in [0.25, 0.3) is 21.8 Å². The number of benzene rings is 2. The number of halogens is 2. The molecule has 2 aromatic heterocycles. The number of aliphatic hydroxyl groups is 2. The largest absolute Gasteiger partial charge is 0.407 e. The molecule has 2 aromatic carbocycles. The summed E-state index contributed by atoms with van der Waals surface area (Å²) in [4.78, 5) is 6.92. The number of ether oxygens (including phenoxy) is 1. The Morgan fingerprint density at radius 3 is 1.82 bits per heavy atom. The first-order chi connectivity index (χ1) is 19.0. The third-order valence-corrected chi connectivity index (χ3v) is 15.4. The fourth-order valence-electron chi connectivity index (χ4n) is 7.11. The molecule has 0 radical (unpaired) electrons. The van der Waals surface area contributed by atoms with Gasteiger partial charge in [-0.15, -0.1) is 0 Å². The Bertz CT molecular complexity index is 1460. The van der Waals surface area contributed by atoms with Gasteiger partial charge in [-0.3, -0.25) is 0 Å². The summed E-state index contributed by atoms with van der Waals surface area (Å²) in [5.41, 5.74) is 4.34. The average Bonchev–Trinajstić information content (AvgIpc) is 3.49. The van der Waals surface area contributed by atoms with Crippen molar-refractivity contribution in [1.82, 2.24) is 9.97 Å². The first-order valence-corrected chi connectivity index (χ1v) is 17.0. The maximum atomic E-state index is 12.2. The number of aromatic nitrogens is 2. The standard InChI is InChI=1S/C31H40Cl2N2O4Si/c1-16(2)40(17(3)4,18(5)6)39-31-29(37)28(25-13-19-11-21(32)7-9-23(19)34-25)27(15-36)38-30(31)26-14-20-12-22(33)8-10-24(20)35-26/h7-14,16-18,27-31,34-37H,15H2,1-6H3/t27-,28-,29+,30+,31-/m1/s1. The molecule has 1 fully saturated rings. The topological polar surface area (TPSA) is 90.5 Å². The van der Waals surface area contributed by atoms with Gasteiger partial charge in [0.25, 0.3) is 0 Å². The molecule has 0 bridgehead atoms. The van der Waals surface area contributed by atoms with Crippen molar-refractivity contribution in [3.05, 3.63) is 70.0 Å². The molecule has 216 valence electrons. The summed E-state index contributed by atoms with van der Waals surface area (Å²) >= 11 is 12.5. The minimum atomic E-state index is -2.45. The molecule has 0 spiro atoms. The van der Waals surface area contributed by atoms with Crippen molar-refractivity contribution in [2.45, 2.75) is 88.5 Å². The van der Waals surface area contributed by atoms with Crippen molar-refractivity contribution in [1.29, 1.82) is 0 Å². The zero-order chi connectivity index (χ0) is 28.9. The summed E-state index contributed by atoms with van der Waals surface area (Å²) in [5.74, 6) is -0.533. The highest BCUT2D eigenvalue weighted by molar-refractivity contribution is 6.77. The average molecular weight is 604 g/mol. The second-order valence-corrected chi connectivity index (χ2v) is 18.4. The van der Waals surface area contributed by atoms with Crippen LogP contribution in [0.3, 0.4) is 0 Å². The zero-order valence-electron chi connectivity index (χ0n) is 23.9. The molecule has 1 aliphatic rings. The van der Waals surface area contributed by atoms with E-state index in [4.69, 9.17) is 32.4 Å². The molecule has 5 atom stereocenters. The second kappa shape index (κ2) is 11.4. The number of hydrogen-bond donors (Lipinski definition) is 4. The normalized spacial score (nSPS) is 24.3. The van der Waals surface area contributed by atoms with Crippen LogP contribution >= 0.6 is 23.2 Å². The van der Waals surface area contributed by atoms with E-state index in [1.165, 1.54) is 0 Å². The Morgan fingerprint density at radius 1 is 0.825 bits per heavy atom. The van der Waals surface area contributed by atoms with E-state index in [1.54, 1.807) is 0 Å². The minimum absolute atomic E-state index is 0.256. The molecule has 4 aromatic rings. The SMILES string of the molecule is CC(C)[Si](O[C@@H]1[C@@H](O)[C@H](c2cc3cc(Cl)ccc3[nH]2)[C@@H](CO)O[C@H]1c1cc2cc(Cl)ccc2[nH]1)(C(C)C)C(C)C. The van der Waals surface area contributed by atoms with Gasteiger partial charge in [0.2, 0.25) is 8.32 Å². The van der Waals surface area contributed by atoms with Gasteiger partial charge < -0.3 is 29.3 Å². The molecule has 0 amide bonds. The Morgan fingerprint density at radius 2 is 1.32 bits per heavy atom. The number of aliphatic hydroxyl groups excluding tert-OH is 2. The van der Waals surface area contributed by atoms with Gasteiger partial charge in [-0.2, -0.15) is 0 Å². The number of fused-ring (bicyclic) bond motifs is 2. The van der Waals surface area contributed by atoms with Crippen molar-refractivity contribution < 1.29 is 19.4 Å². The van der Waals surface area contributed by atoms with E-state index in [-0.39, 0.29) is 6.61 Å². The molecule has 1 saturated heterocycles. The Balaban J connectivity index is 1.64. The third kappa shape index (κ3) is 5.15. The van der Waals surface area contributed by atoms with Crippen LogP contribution in [0, 0.1) is 0 Å². The maximum Gasteiger partial charge on any atom is 0.201 e. The van der Waals surface area contributed by atoms with E-state index < -0.39 is 38.7 Å². The van der Waals surface area contributed by atoms with Crippen LogP contribution in [0.2, 0.25) is 26.7 Å². The van der Waals surface area contributed by atoms with Crippen molar-refractivity contribution >= 4 is 53.3 Å². The highest BCUT2D eigenvalue weighted by atomic mass is 35.5. The molecule has 0 saturated carbocycles. The summed E-state index contributed by atoms with van der Waals surface area (Å²) in [7, 11) is -2.45. The van der Waals surface area contributed by atoms with E-state index in [9.17, 15) is 10.2 Å². The molecule has 1 aliphatic heterocycles. The van der Waals surface area contributed by atoms with E-state index in [0.717, 1.165) is 33.2 Å². The quantitative estimate of drug-likeness (QED) is 0.153. The van der Waals surface area contributed by atoms with Gasteiger partial charge in [-0.05, 0) is 65.2 Å².